The topological polar surface area (TPSA) is 15.3 Å². The van der Waals surface area contributed by atoms with Crippen LogP contribution in [0.3, 0.4) is 0 Å². The van der Waals surface area contributed by atoms with Gasteiger partial charge >= 0.3 is 0 Å². The molecular weight excluding hydrogens is 196 g/mol. The van der Waals surface area contributed by atoms with E-state index >= 15 is 0 Å². The molecule has 2 atom stereocenters. The lowest BCUT2D eigenvalue weighted by Gasteiger charge is -2.46. The maximum absolute atomic E-state index is 3.62. The number of likely N-dealkylation sites (tertiary alicyclic amines) is 1. The number of hydrogen-bond donors (Lipinski definition) is 1. The van der Waals surface area contributed by atoms with Crippen molar-refractivity contribution in [1.29, 1.82) is 0 Å². The van der Waals surface area contributed by atoms with E-state index in [0.717, 1.165) is 24.4 Å². The Morgan fingerprint density at radius 2 is 1.94 bits per heavy atom. The first-order valence-electron chi connectivity index (χ1n) is 7.04. The lowest BCUT2D eigenvalue weighted by atomic mass is 9.87. The molecule has 2 rings (SSSR count). The van der Waals surface area contributed by atoms with Crippen molar-refractivity contribution < 1.29 is 0 Å². The summed E-state index contributed by atoms with van der Waals surface area (Å²) in [6, 6.07) is 0.747. The van der Waals surface area contributed by atoms with Crippen molar-refractivity contribution in [3.63, 3.8) is 0 Å². The van der Waals surface area contributed by atoms with Gasteiger partial charge in [0.25, 0.3) is 0 Å². The van der Waals surface area contributed by atoms with Gasteiger partial charge in [0, 0.05) is 24.7 Å². The summed E-state index contributed by atoms with van der Waals surface area (Å²) in [4.78, 5) is 2.74. The number of hydrogen-bond acceptors (Lipinski definition) is 2. The predicted octanol–water partition coefficient (Wildman–Crippen LogP) is 2.49. The number of nitrogens with zero attached hydrogens (tertiary/aromatic N) is 1. The van der Waals surface area contributed by atoms with Crippen LogP contribution in [0.15, 0.2) is 0 Å². The van der Waals surface area contributed by atoms with E-state index in [-0.39, 0.29) is 0 Å². The lowest BCUT2D eigenvalue weighted by molar-refractivity contribution is 0.0408. The molecule has 0 spiro atoms. The molecule has 2 fully saturated rings. The van der Waals surface area contributed by atoms with Crippen LogP contribution in [0.1, 0.15) is 47.0 Å². The van der Waals surface area contributed by atoms with Gasteiger partial charge in [0.15, 0.2) is 0 Å². The summed E-state index contributed by atoms with van der Waals surface area (Å²) in [5, 5.41) is 3.62. The molecule has 94 valence electrons. The molecule has 2 nitrogen and oxygen atoms in total. The van der Waals surface area contributed by atoms with E-state index in [1.165, 1.54) is 32.4 Å². The largest absolute Gasteiger partial charge is 0.314 e. The van der Waals surface area contributed by atoms with E-state index < -0.39 is 0 Å². The van der Waals surface area contributed by atoms with Crippen LogP contribution in [0.5, 0.6) is 0 Å². The molecule has 0 bridgehead atoms. The van der Waals surface area contributed by atoms with Crippen molar-refractivity contribution in [2.24, 2.45) is 11.8 Å². The van der Waals surface area contributed by atoms with Crippen molar-refractivity contribution in [1.82, 2.24) is 10.2 Å². The first-order valence-corrected chi connectivity index (χ1v) is 7.04. The second-order valence-corrected chi connectivity index (χ2v) is 6.30. The molecule has 1 aliphatic carbocycles. The van der Waals surface area contributed by atoms with Crippen LogP contribution in [0.25, 0.3) is 0 Å². The Morgan fingerprint density at radius 3 is 2.44 bits per heavy atom. The fraction of sp³-hybridized carbons (Fsp3) is 1.00. The zero-order valence-electron chi connectivity index (χ0n) is 11.4. The van der Waals surface area contributed by atoms with Crippen molar-refractivity contribution in [3.05, 3.63) is 0 Å². The van der Waals surface area contributed by atoms with Gasteiger partial charge in [-0.1, -0.05) is 13.8 Å². The second kappa shape index (κ2) is 4.66. The maximum atomic E-state index is 3.62. The zero-order valence-corrected chi connectivity index (χ0v) is 11.4. The lowest BCUT2D eigenvalue weighted by Crippen LogP contribution is -2.55. The molecule has 2 unspecified atom stereocenters. The number of nitrogens with one attached hydrogen (secondary N) is 1. The van der Waals surface area contributed by atoms with Gasteiger partial charge in [-0.15, -0.1) is 0 Å². The predicted molar refractivity (Wildman–Crippen MR) is 69.6 cm³/mol. The van der Waals surface area contributed by atoms with Gasteiger partial charge in [0.1, 0.15) is 0 Å². The molecule has 1 heterocycles. The molecular formula is C14H28N2. The third kappa shape index (κ3) is 2.43. The molecule has 1 saturated carbocycles. The molecule has 0 aromatic heterocycles. The summed E-state index contributed by atoms with van der Waals surface area (Å²) in [5.41, 5.74) is 0.450. The first-order chi connectivity index (χ1) is 7.55. The molecule has 0 amide bonds. The van der Waals surface area contributed by atoms with E-state index in [1.54, 1.807) is 0 Å². The highest BCUT2D eigenvalue weighted by Crippen LogP contribution is 2.43. The average molecular weight is 224 g/mol. The van der Waals surface area contributed by atoms with Crippen LogP contribution in [-0.4, -0.2) is 36.1 Å². The highest BCUT2D eigenvalue weighted by atomic mass is 15.2. The summed E-state index contributed by atoms with van der Waals surface area (Å²) in [7, 11) is 0. The van der Waals surface area contributed by atoms with E-state index in [4.69, 9.17) is 0 Å². The molecule has 1 saturated heterocycles. The summed E-state index contributed by atoms with van der Waals surface area (Å²) < 4.78 is 0. The maximum Gasteiger partial charge on any atom is 0.0181 e. The summed E-state index contributed by atoms with van der Waals surface area (Å²) in [6.07, 6.45) is 4.23. The Labute approximate surface area is 101 Å². The van der Waals surface area contributed by atoms with Gasteiger partial charge in [0.2, 0.25) is 0 Å². The van der Waals surface area contributed by atoms with Crippen molar-refractivity contribution in [2.75, 3.05) is 19.6 Å². The number of rotatable bonds is 4. The second-order valence-electron chi connectivity index (χ2n) is 6.30. The van der Waals surface area contributed by atoms with Gasteiger partial charge in [0.05, 0.1) is 0 Å². The van der Waals surface area contributed by atoms with E-state index in [2.05, 4.69) is 37.9 Å². The summed E-state index contributed by atoms with van der Waals surface area (Å²) in [5.74, 6) is 1.77. The Bertz CT molecular complexity index is 233. The smallest absolute Gasteiger partial charge is 0.0181 e. The standard InChI is InChI=1S/C14H28N2/c1-5-15-13-8-9-16(10-11(13)2)14(3,4)12-6-7-12/h11-13,15H,5-10H2,1-4H3. The Hall–Kier alpha value is -0.0800. The number of piperidine rings is 1. The summed E-state index contributed by atoms with van der Waals surface area (Å²) in [6.45, 7) is 13.2. The zero-order chi connectivity index (χ0) is 11.8. The third-order valence-corrected chi connectivity index (χ3v) is 4.76. The fourth-order valence-electron chi connectivity index (χ4n) is 3.28. The normalized spacial score (nSPS) is 33.0. The summed E-state index contributed by atoms with van der Waals surface area (Å²) >= 11 is 0. The van der Waals surface area contributed by atoms with Crippen LogP contribution >= 0.6 is 0 Å². The van der Waals surface area contributed by atoms with Gasteiger partial charge in [-0.05, 0) is 51.5 Å². The average Bonchev–Trinajstić information content (AvgIpc) is 3.04. The quantitative estimate of drug-likeness (QED) is 0.789. The third-order valence-electron chi connectivity index (χ3n) is 4.76. The van der Waals surface area contributed by atoms with E-state index in [9.17, 15) is 0 Å². The van der Waals surface area contributed by atoms with Gasteiger partial charge in [-0.3, -0.25) is 4.90 Å². The van der Waals surface area contributed by atoms with E-state index in [1.807, 2.05) is 0 Å². The molecule has 16 heavy (non-hydrogen) atoms. The minimum Gasteiger partial charge on any atom is -0.314 e. The highest BCUT2D eigenvalue weighted by molar-refractivity contribution is 4.99. The molecule has 0 radical (unpaired) electrons. The van der Waals surface area contributed by atoms with Gasteiger partial charge < -0.3 is 5.32 Å². The minimum atomic E-state index is 0.450. The van der Waals surface area contributed by atoms with Crippen LogP contribution in [0, 0.1) is 11.8 Å². The molecule has 1 N–H and O–H groups in total. The van der Waals surface area contributed by atoms with Crippen LogP contribution in [0.4, 0.5) is 0 Å². The minimum absolute atomic E-state index is 0.450. The van der Waals surface area contributed by atoms with Crippen molar-refractivity contribution in [2.45, 2.75) is 58.5 Å². The fourth-order valence-corrected chi connectivity index (χ4v) is 3.28. The van der Waals surface area contributed by atoms with Crippen LogP contribution < -0.4 is 5.32 Å². The van der Waals surface area contributed by atoms with Gasteiger partial charge in [-0.2, -0.15) is 0 Å². The van der Waals surface area contributed by atoms with Crippen LogP contribution in [-0.2, 0) is 0 Å². The monoisotopic (exact) mass is 224 g/mol. The van der Waals surface area contributed by atoms with Crippen molar-refractivity contribution >= 4 is 0 Å². The molecule has 0 aromatic rings. The molecule has 0 aromatic carbocycles. The highest BCUT2D eigenvalue weighted by Gasteiger charge is 2.43. The van der Waals surface area contributed by atoms with Crippen molar-refractivity contribution in [3.8, 4) is 0 Å². The molecule has 2 aliphatic rings. The first kappa shape index (κ1) is 12.4. The Kier molecular flexibility index (Phi) is 3.60. The Balaban J connectivity index is 1.91. The molecule has 1 aliphatic heterocycles. The Morgan fingerprint density at radius 1 is 1.25 bits per heavy atom. The molecule has 2 heteroatoms. The SMILES string of the molecule is CCNC1CCN(C(C)(C)C2CC2)CC1C. The van der Waals surface area contributed by atoms with Crippen LogP contribution in [0.2, 0.25) is 0 Å². The van der Waals surface area contributed by atoms with Gasteiger partial charge in [-0.25, -0.2) is 0 Å². The van der Waals surface area contributed by atoms with E-state index in [0.29, 0.717) is 5.54 Å².